The van der Waals surface area contributed by atoms with Gasteiger partial charge in [0.2, 0.25) is 0 Å². The van der Waals surface area contributed by atoms with Gasteiger partial charge in [0.1, 0.15) is 6.61 Å². The molecular weight excluding hydrogens is 574 g/mol. The summed E-state index contributed by atoms with van der Waals surface area (Å²) in [6.07, 6.45) is 6.38. The average molecular weight is 610 g/mol. The van der Waals surface area contributed by atoms with Crippen molar-refractivity contribution in [1.82, 2.24) is 0 Å². The van der Waals surface area contributed by atoms with Crippen LogP contribution in [0, 0.1) is 28.6 Å². The molecule has 0 unspecified atom stereocenters. The maximum atomic E-state index is 13.8. The lowest BCUT2D eigenvalue weighted by Crippen LogP contribution is -2.63. The maximum Gasteiger partial charge on any atom is 0.194 e. The molecule has 4 aliphatic carbocycles. The molecule has 7 nitrogen and oxygen atoms in total. The Morgan fingerprint density at radius 1 is 1.26 bits per heavy atom. The first-order chi connectivity index (χ1) is 20.0. The third kappa shape index (κ3) is 3.92. The average Bonchev–Trinajstić information content (AvgIpc) is 3.58. The Morgan fingerprint density at radius 2 is 2.07 bits per heavy atom. The monoisotopic (exact) mass is 609 g/mol. The van der Waals surface area contributed by atoms with E-state index in [4.69, 9.17) is 26.8 Å². The molecule has 7 rings (SSSR count). The van der Waals surface area contributed by atoms with Gasteiger partial charge in [-0.3, -0.25) is 9.59 Å². The Kier molecular flexibility index (Phi) is 6.66. The zero-order valence-electron chi connectivity index (χ0n) is 23.7. The van der Waals surface area contributed by atoms with E-state index < -0.39 is 47.3 Å². The molecule has 2 aromatic rings. The number of hydrogen-bond donors (Lipinski definition) is 3. The summed E-state index contributed by atoms with van der Waals surface area (Å²) in [5.74, 6) is -0.334. The molecule has 0 amide bonds. The lowest BCUT2D eigenvalue weighted by Gasteiger charge is -2.59. The van der Waals surface area contributed by atoms with Crippen LogP contribution in [-0.4, -0.2) is 46.2 Å². The highest BCUT2D eigenvalue weighted by Gasteiger charge is 2.76. The number of carbonyl (C=O) groups is 2. The minimum atomic E-state index is -1.39. The molecule has 0 bridgehead atoms. The van der Waals surface area contributed by atoms with Crippen molar-refractivity contribution in [2.75, 3.05) is 12.3 Å². The van der Waals surface area contributed by atoms with Crippen LogP contribution in [0.15, 0.2) is 54.1 Å². The van der Waals surface area contributed by atoms with Crippen LogP contribution < -0.4 is 5.73 Å². The molecule has 0 spiro atoms. The van der Waals surface area contributed by atoms with E-state index in [0.717, 1.165) is 34.4 Å². The number of fused-ring (bicyclic) bond motifs is 7. The zero-order chi connectivity index (χ0) is 29.6. The third-order valence-electron chi connectivity index (χ3n) is 11.1. The van der Waals surface area contributed by atoms with E-state index in [1.54, 1.807) is 12.2 Å². The Morgan fingerprint density at radius 3 is 2.83 bits per heavy atom. The summed E-state index contributed by atoms with van der Waals surface area (Å²) in [6, 6.07) is 9.64. The predicted octanol–water partition coefficient (Wildman–Crippen LogP) is 5.18. The van der Waals surface area contributed by atoms with Crippen LogP contribution in [0.25, 0.3) is 0 Å². The van der Waals surface area contributed by atoms with Crippen LogP contribution in [-0.2, 0) is 25.5 Å². The SMILES string of the molecule is C[C@]12C=CC(=O)C=C1CC[C@@H]1[C@@H]2[C@@H](O)C[C@@]2(C)[C@H]1C[C@H]1O[C@@H](c3cc(Cc4cccc(N)c4)c(Cl)s3)O[C@]12C(=O)CO. The molecular formula is C33H36ClNO6S. The minimum absolute atomic E-state index is 0.00321. The number of thiophene rings is 1. The normalized spacial score (nSPS) is 40.2. The van der Waals surface area contributed by atoms with E-state index in [-0.39, 0.29) is 23.5 Å². The van der Waals surface area contributed by atoms with E-state index in [9.17, 15) is 19.8 Å². The van der Waals surface area contributed by atoms with Gasteiger partial charge in [-0.1, -0.05) is 49.2 Å². The Labute approximate surface area is 254 Å². The second kappa shape index (κ2) is 9.84. The van der Waals surface area contributed by atoms with Crippen molar-refractivity contribution in [3.8, 4) is 0 Å². The predicted molar refractivity (Wildman–Crippen MR) is 160 cm³/mol. The number of benzene rings is 1. The van der Waals surface area contributed by atoms with E-state index in [0.29, 0.717) is 29.3 Å². The number of halogens is 1. The molecule has 1 saturated heterocycles. The van der Waals surface area contributed by atoms with Crippen molar-refractivity contribution in [2.45, 2.75) is 70.1 Å². The van der Waals surface area contributed by atoms with Crippen molar-refractivity contribution in [1.29, 1.82) is 0 Å². The maximum absolute atomic E-state index is 13.8. The van der Waals surface area contributed by atoms with Crippen molar-refractivity contribution in [3.05, 3.63) is 74.5 Å². The molecule has 0 radical (unpaired) electrons. The fraction of sp³-hybridized carbons (Fsp3) is 0.515. The zero-order valence-corrected chi connectivity index (χ0v) is 25.3. The lowest BCUT2D eigenvalue weighted by atomic mass is 9.46. The Bertz CT molecular complexity index is 1530. The number of ether oxygens (including phenoxy) is 2. The largest absolute Gasteiger partial charge is 0.399 e. The number of ketones is 2. The molecule has 2 heterocycles. The summed E-state index contributed by atoms with van der Waals surface area (Å²) in [7, 11) is 0. The van der Waals surface area contributed by atoms with Gasteiger partial charge in [-0.05, 0) is 85.4 Å². The van der Waals surface area contributed by atoms with Gasteiger partial charge in [0.15, 0.2) is 23.5 Å². The highest BCUT2D eigenvalue weighted by Crippen LogP contribution is 2.70. The van der Waals surface area contributed by atoms with Crippen LogP contribution in [0.2, 0.25) is 4.34 Å². The Balaban J connectivity index is 1.21. The lowest BCUT2D eigenvalue weighted by molar-refractivity contribution is -0.200. The van der Waals surface area contributed by atoms with Gasteiger partial charge in [0.25, 0.3) is 0 Å². The quantitative estimate of drug-likeness (QED) is 0.400. The molecule has 4 fully saturated rings. The molecule has 42 heavy (non-hydrogen) atoms. The summed E-state index contributed by atoms with van der Waals surface area (Å²) in [4.78, 5) is 26.7. The van der Waals surface area contributed by atoms with E-state index in [1.165, 1.54) is 11.3 Å². The number of aliphatic hydroxyl groups excluding tert-OH is 2. The van der Waals surface area contributed by atoms with E-state index in [2.05, 4.69) is 6.92 Å². The number of rotatable bonds is 5. The van der Waals surface area contributed by atoms with Gasteiger partial charge >= 0.3 is 0 Å². The minimum Gasteiger partial charge on any atom is -0.399 e. The summed E-state index contributed by atoms with van der Waals surface area (Å²) in [5.41, 5.74) is 7.14. The first kappa shape index (κ1) is 28.4. The fourth-order valence-electron chi connectivity index (χ4n) is 9.40. The number of Topliss-reactive ketones (excluding diaryl/α,β-unsaturated/α-hetero) is 1. The summed E-state index contributed by atoms with van der Waals surface area (Å²) < 4.78 is 13.9. The molecule has 4 N–H and O–H groups in total. The molecule has 3 saturated carbocycles. The number of nitrogen functional groups attached to an aromatic ring is 1. The number of allylic oxidation sites excluding steroid dienone is 4. The molecule has 9 atom stereocenters. The topological polar surface area (TPSA) is 119 Å². The molecule has 1 aliphatic heterocycles. The van der Waals surface area contributed by atoms with Gasteiger partial charge in [0.05, 0.1) is 21.4 Å². The van der Waals surface area contributed by atoms with Crippen molar-refractivity contribution in [3.63, 3.8) is 0 Å². The van der Waals surface area contributed by atoms with Crippen LogP contribution in [0.1, 0.15) is 61.8 Å². The van der Waals surface area contributed by atoms with Crippen molar-refractivity contribution in [2.24, 2.45) is 28.6 Å². The van der Waals surface area contributed by atoms with Crippen LogP contribution in [0.5, 0.6) is 0 Å². The molecule has 9 heteroatoms. The smallest absolute Gasteiger partial charge is 0.194 e. The number of anilines is 1. The number of aliphatic hydroxyl groups is 2. The second-order valence-corrected chi connectivity index (χ2v) is 14.9. The fourth-order valence-corrected chi connectivity index (χ4v) is 10.7. The second-order valence-electron chi connectivity index (χ2n) is 13.2. The highest BCUT2D eigenvalue weighted by atomic mass is 35.5. The van der Waals surface area contributed by atoms with Gasteiger partial charge in [-0.2, -0.15) is 0 Å². The molecule has 5 aliphatic rings. The molecule has 1 aromatic heterocycles. The summed E-state index contributed by atoms with van der Waals surface area (Å²) in [6.45, 7) is 3.50. The van der Waals surface area contributed by atoms with Gasteiger partial charge in [0, 0.05) is 22.4 Å². The first-order valence-electron chi connectivity index (χ1n) is 14.7. The number of hydrogen-bond acceptors (Lipinski definition) is 8. The summed E-state index contributed by atoms with van der Waals surface area (Å²) in [5, 5.41) is 22.0. The third-order valence-corrected chi connectivity index (χ3v) is 12.6. The molecule has 1 aromatic carbocycles. The van der Waals surface area contributed by atoms with E-state index in [1.807, 2.05) is 43.3 Å². The highest BCUT2D eigenvalue weighted by molar-refractivity contribution is 7.16. The van der Waals surface area contributed by atoms with E-state index >= 15 is 0 Å². The van der Waals surface area contributed by atoms with Crippen molar-refractivity contribution >= 4 is 40.2 Å². The van der Waals surface area contributed by atoms with Crippen molar-refractivity contribution < 1.29 is 29.3 Å². The Hall–Kier alpha value is -2.33. The van der Waals surface area contributed by atoms with Gasteiger partial charge in [-0.15, -0.1) is 11.3 Å². The molecule has 222 valence electrons. The number of carbonyl (C=O) groups excluding carboxylic acids is 2. The van der Waals surface area contributed by atoms with Crippen LogP contribution in [0.3, 0.4) is 0 Å². The summed E-state index contributed by atoms with van der Waals surface area (Å²) >= 11 is 8.05. The van der Waals surface area contributed by atoms with Crippen LogP contribution >= 0.6 is 22.9 Å². The first-order valence-corrected chi connectivity index (χ1v) is 15.9. The van der Waals surface area contributed by atoms with Gasteiger partial charge < -0.3 is 25.4 Å². The standard InChI is InChI=1S/C33H36ClNO6S/c1-31-9-8-21(37)13-19(31)6-7-22-23-14-27-33(26(39)16-36,32(23,2)15-24(38)28(22)31)41-30(40-27)25-12-18(29(34)42-25)10-17-4-3-5-20(35)11-17/h3-5,8-9,11-13,22-24,27-28,30,36,38H,6-7,10,14-16,35H2,1-2H3/t22-,23-,24-,27+,28+,30+,31-,32-,33+/m0/s1. The number of nitrogens with two attached hydrogens (primary N) is 1. The van der Waals surface area contributed by atoms with Crippen LogP contribution in [0.4, 0.5) is 5.69 Å². The van der Waals surface area contributed by atoms with Gasteiger partial charge in [-0.25, -0.2) is 0 Å².